The smallest absolute Gasteiger partial charge is 0.0947 e. The van der Waals surface area contributed by atoms with Gasteiger partial charge in [-0.3, -0.25) is 4.98 Å². The summed E-state index contributed by atoms with van der Waals surface area (Å²) in [5.41, 5.74) is 6.27. The van der Waals surface area contributed by atoms with Crippen LogP contribution in [0, 0.1) is 0 Å². The molecule has 0 spiro atoms. The van der Waals surface area contributed by atoms with Crippen molar-refractivity contribution >= 4 is 11.3 Å². The molecule has 0 unspecified atom stereocenters. The number of pyridine rings is 1. The van der Waals surface area contributed by atoms with E-state index in [4.69, 9.17) is 0 Å². The van der Waals surface area contributed by atoms with E-state index in [1.807, 2.05) is 12.3 Å². The second-order valence-corrected chi connectivity index (χ2v) is 4.15. The molecule has 80 valence electrons. The Hall–Kier alpha value is -1.83. The number of rotatable bonds is 0. The summed E-state index contributed by atoms with van der Waals surface area (Å²) in [5.74, 6) is 0. The van der Waals surface area contributed by atoms with Gasteiger partial charge in [-0.25, -0.2) is 0 Å². The van der Waals surface area contributed by atoms with Gasteiger partial charge in [0.2, 0.25) is 0 Å². The van der Waals surface area contributed by atoms with E-state index in [-0.39, 0.29) is 0 Å². The van der Waals surface area contributed by atoms with Gasteiger partial charge in [-0.1, -0.05) is 24.3 Å². The van der Waals surface area contributed by atoms with E-state index in [0.717, 1.165) is 12.2 Å². The molecule has 2 nitrogen and oxygen atoms in total. The molecule has 0 aromatic carbocycles. The molecule has 1 aliphatic carbocycles. The van der Waals surface area contributed by atoms with Crippen LogP contribution < -0.4 is 0 Å². The molecule has 1 aliphatic heterocycles. The highest BCUT2D eigenvalue weighted by Crippen LogP contribution is 2.42. The summed E-state index contributed by atoms with van der Waals surface area (Å²) in [7, 11) is 2.12. The molecule has 0 bridgehead atoms. The Morgan fingerprint density at radius 3 is 3.12 bits per heavy atom. The summed E-state index contributed by atoms with van der Waals surface area (Å²) in [4.78, 5) is 6.78. The summed E-state index contributed by atoms with van der Waals surface area (Å²) in [6.45, 7) is 3.05. The Labute approximate surface area is 95.6 Å². The molecule has 2 aliphatic rings. The topological polar surface area (TPSA) is 16.1 Å². The Bertz CT molecular complexity index is 535. The van der Waals surface area contributed by atoms with Crippen molar-refractivity contribution < 1.29 is 0 Å². The maximum Gasteiger partial charge on any atom is 0.0947 e. The number of aromatic nitrogens is 1. The standard InChI is InChI=1S/C14H14N2/c1-3-10-11-6-4-8-15-13(11)14-12(10)7-5-9-16(14)2/h3-8H,9H2,1-2H3/b10-3-. The van der Waals surface area contributed by atoms with E-state index in [1.165, 1.54) is 22.4 Å². The minimum Gasteiger partial charge on any atom is -0.369 e. The first-order valence-corrected chi connectivity index (χ1v) is 5.57. The summed E-state index contributed by atoms with van der Waals surface area (Å²) in [6.07, 6.45) is 8.46. The van der Waals surface area contributed by atoms with E-state index < -0.39 is 0 Å². The van der Waals surface area contributed by atoms with E-state index in [1.54, 1.807) is 0 Å². The summed E-state index contributed by atoms with van der Waals surface area (Å²) >= 11 is 0. The zero-order valence-corrected chi connectivity index (χ0v) is 9.57. The highest BCUT2D eigenvalue weighted by atomic mass is 15.1. The van der Waals surface area contributed by atoms with Gasteiger partial charge in [-0.05, 0) is 18.6 Å². The highest BCUT2D eigenvalue weighted by Gasteiger charge is 2.28. The van der Waals surface area contributed by atoms with Gasteiger partial charge >= 0.3 is 0 Å². The number of hydrogen-bond donors (Lipinski definition) is 0. The zero-order valence-electron chi connectivity index (χ0n) is 9.57. The van der Waals surface area contributed by atoms with E-state index in [2.05, 4.69) is 48.1 Å². The van der Waals surface area contributed by atoms with Gasteiger partial charge in [0.05, 0.1) is 11.4 Å². The van der Waals surface area contributed by atoms with Gasteiger partial charge in [0, 0.05) is 30.9 Å². The van der Waals surface area contributed by atoms with Gasteiger partial charge in [-0.15, -0.1) is 0 Å². The maximum atomic E-state index is 4.52. The molecular weight excluding hydrogens is 196 g/mol. The normalized spacial score (nSPS) is 20.4. The van der Waals surface area contributed by atoms with Crippen LogP contribution in [0.4, 0.5) is 0 Å². The minimum atomic E-state index is 0.964. The maximum absolute atomic E-state index is 4.52. The highest BCUT2D eigenvalue weighted by molar-refractivity contribution is 6.00. The first kappa shape index (κ1) is 9.40. The monoisotopic (exact) mass is 210 g/mol. The Morgan fingerprint density at radius 2 is 2.31 bits per heavy atom. The van der Waals surface area contributed by atoms with Crippen molar-refractivity contribution in [3.05, 3.63) is 53.4 Å². The predicted octanol–water partition coefficient (Wildman–Crippen LogP) is 2.71. The fourth-order valence-corrected chi connectivity index (χ4v) is 2.50. The van der Waals surface area contributed by atoms with Crippen LogP contribution in [-0.2, 0) is 0 Å². The molecular formula is C14H14N2. The van der Waals surface area contributed by atoms with Gasteiger partial charge in [-0.2, -0.15) is 0 Å². The van der Waals surface area contributed by atoms with Crippen LogP contribution in [0.15, 0.2) is 42.1 Å². The van der Waals surface area contributed by atoms with Crippen molar-refractivity contribution in [3.8, 4) is 0 Å². The number of fused-ring (bicyclic) bond motifs is 2. The third kappa shape index (κ3) is 1.10. The number of allylic oxidation sites excluding steroid dienone is 4. The van der Waals surface area contributed by atoms with E-state index in [0.29, 0.717) is 0 Å². The summed E-state index contributed by atoms with van der Waals surface area (Å²) in [6, 6.07) is 4.15. The first-order valence-electron chi connectivity index (χ1n) is 5.57. The first-order chi connectivity index (χ1) is 7.83. The van der Waals surface area contributed by atoms with Crippen LogP contribution in [0.1, 0.15) is 18.2 Å². The molecule has 3 rings (SSSR count). The average molecular weight is 210 g/mol. The van der Waals surface area contributed by atoms with Gasteiger partial charge in [0.1, 0.15) is 0 Å². The SMILES string of the molecule is C/C=C1\C2=C(c3ncccc31)N(C)CC=C2. The number of hydrogen-bond acceptors (Lipinski definition) is 2. The van der Waals surface area contributed by atoms with Gasteiger partial charge in [0.25, 0.3) is 0 Å². The van der Waals surface area contributed by atoms with Crippen LogP contribution in [0.5, 0.6) is 0 Å². The lowest BCUT2D eigenvalue weighted by atomic mass is 10.0. The second kappa shape index (κ2) is 3.34. The van der Waals surface area contributed by atoms with Crippen LogP contribution in [0.25, 0.3) is 11.3 Å². The zero-order chi connectivity index (χ0) is 11.1. The van der Waals surface area contributed by atoms with Crippen molar-refractivity contribution in [2.45, 2.75) is 6.92 Å². The van der Waals surface area contributed by atoms with Crippen molar-refractivity contribution in [2.75, 3.05) is 13.6 Å². The fourth-order valence-electron chi connectivity index (χ4n) is 2.50. The largest absolute Gasteiger partial charge is 0.369 e. The van der Waals surface area contributed by atoms with Gasteiger partial charge in [0.15, 0.2) is 0 Å². The molecule has 0 amide bonds. The Balaban J connectivity index is 2.31. The van der Waals surface area contributed by atoms with Crippen molar-refractivity contribution in [3.63, 3.8) is 0 Å². The lowest BCUT2D eigenvalue weighted by molar-refractivity contribution is 0.528. The summed E-state index contributed by atoms with van der Waals surface area (Å²) < 4.78 is 0. The molecule has 0 radical (unpaired) electrons. The predicted molar refractivity (Wildman–Crippen MR) is 66.6 cm³/mol. The third-order valence-corrected chi connectivity index (χ3v) is 3.20. The van der Waals surface area contributed by atoms with Crippen LogP contribution >= 0.6 is 0 Å². The Morgan fingerprint density at radius 1 is 1.44 bits per heavy atom. The van der Waals surface area contributed by atoms with Crippen LogP contribution in [-0.4, -0.2) is 23.5 Å². The van der Waals surface area contributed by atoms with Gasteiger partial charge < -0.3 is 4.90 Å². The second-order valence-electron chi connectivity index (χ2n) is 4.15. The lowest BCUT2D eigenvalue weighted by Crippen LogP contribution is -2.19. The quantitative estimate of drug-likeness (QED) is 0.654. The van der Waals surface area contributed by atoms with Crippen molar-refractivity contribution in [2.24, 2.45) is 0 Å². The number of likely N-dealkylation sites (N-methyl/N-ethyl adjacent to an activating group) is 1. The Kier molecular flexibility index (Phi) is 1.96. The molecule has 1 aromatic rings. The molecule has 1 aromatic heterocycles. The summed E-state index contributed by atoms with van der Waals surface area (Å²) in [5, 5.41) is 0. The molecule has 0 N–H and O–H groups in total. The lowest BCUT2D eigenvalue weighted by Gasteiger charge is -2.23. The van der Waals surface area contributed by atoms with E-state index in [9.17, 15) is 0 Å². The van der Waals surface area contributed by atoms with E-state index >= 15 is 0 Å². The van der Waals surface area contributed by atoms with Crippen LogP contribution in [0.3, 0.4) is 0 Å². The average Bonchev–Trinajstić information content (AvgIpc) is 2.64. The number of nitrogens with zero attached hydrogens (tertiary/aromatic N) is 2. The molecule has 2 heteroatoms. The molecule has 0 saturated carbocycles. The van der Waals surface area contributed by atoms with Crippen molar-refractivity contribution in [1.29, 1.82) is 0 Å². The molecule has 16 heavy (non-hydrogen) atoms. The van der Waals surface area contributed by atoms with Crippen LogP contribution in [0.2, 0.25) is 0 Å². The fraction of sp³-hybridized carbons (Fsp3) is 0.214. The molecule has 0 atom stereocenters. The minimum absolute atomic E-state index is 0.964. The third-order valence-electron chi connectivity index (χ3n) is 3.20. The van der Waals surface area contributed by atoms with Crippen molar-refractivity contribution in [1.82, 2.24) is 9.88 Å². The molecule has 0 saturated heterocycles. The molecule has 2 heterocycles. The molecule has 0 fully saturated rings.